The van der Waals surface area contributed by atoms with Gasteiger partial charge in [-0.15, -0.1) is 0 Å². The minimum atomic E-state index is 0.570. The average molecular weight is 780 g/mol. The van der Waals surface area contributed by atoms with E-state index in [1.165, 1.54) is 21.7 Å². The van der Waals surface area contributed by atoms with Gasteiger partial charge in [-0.1, -0.05) is 146 Å². The minimum Gasteiger partial charge on any atom is -0.456 e. The fourth-order valence-electron chi connectivity index (χ4n) is 9.55. The van der Waals surface area contributed by atoms with Crippen LogP contribution in [0.25, 0.3) is 111 Å². The number of rotatable bonds is 5. The van der Waals surface area contributed by atoms with Crippen LogP contribution >= 0.6 is 0 Å². The van der Waals surface area contributed by atoms with Crippen LogP contribution in [0.4, 0.5) is 0 Å². The first-order chi connectivity index (χ1) is 30.3. The molecule has 3 aromatic heterocycles. The first kappa shape index (κ1) is 33.6. The summed E-state index contributed by atoms with van der Waals surface area (Å²) in [6, 6.07) is 70.2. The molecule has 0 fully saturated rings. The molecular formula is C55H33N5O. The number of para-hydroxylation sites is 3. The van der Waals surface area contributed by atoms with Crippen molar-refractivity contribution in [3.05, 3.63) is 200 Å². The highest BCUT2D eigenvalue weighted by molar-refractivity contribution is 6.27. The maximum absolute atomic E-state index is 6.56. The SMILES string of the molecule is c1ccc(-c2nc(-c3ccccc3)nc(-n3c4ccccc4c4c(-c5ccc6c(c5)c5c7cccc8c7c(cc5n6-c5ccccc5)-c5ccccc5O8)cccc43)n2)cc1. The topological polar surface area (TPSA) is 57.8 Å². The molecule has 0 saturated carbocycles. The van der Waals surface area contributed by atoms with Crippen molar-refractivity contribution in [2.45, 2.75) is 0 Å². The first-order valence-electron chi connectivity index (χ1n) is 20.5. The molecule has 0 aliphatic carbocycles. The molecule has 1 aliphatic rings. The van der Waals surface area contributed by atoms with Crippen LogP contribution in [0.2, 0.25) is 0 Å². The molecular weight excluding hydrogens is 747 g/mol. The highest BCUT2D eigenvalue weighted by Gasteiger charge is 2.26. The van der Waals surface area contributed by atoms with E-state index in [9.17, 15) is 0 Å². The predicted molar refractivity (Wildman–Crippen MR) is 248 cm³/mol. The van der Waals surface area contributed by atoms with Crippen LogP contribution in [0.1, 0.15) is 0 Å². The van der Waals surface area contributed by atoms with Gasteiger partial charge in [0.2, 0.25) is 5.95 Å². The van der Waals surface area contributed by atoms with Crippen molar-refractivity contribution in [2.24, 2.45) is 0 Å². The van der Waals surface area contributed by atoms with Crippen LogP contribution in [0.3, 0.4) is 0 Å². The molecule has 61 heavy (non-hydrogen) atoms. The summed E-state index contributed by atoms with van der Waals surface area (Å²) in [5.41, 5.74) is 11.9. The Morgan fingerprint density at radius 3 is 1.72 bits per heavy atom. The van der Waals surface area contributed by atoms with Crippen LogP contribution in [0.15, 0.2) is 200 Å². The molecule has 0 bridgehead atoms. The molecule has 13 rings (SSSR count). The Hall–Kier alpha value is -8.35. The van der Waals surface area contributed by atoms with Crippen LogP contribution < -0.4 is 4.74 Å². The van der Waals surface area contributed by atoms with Gasteiger partial charge in [-0.2, -0.15) is 9.97 Å². The molecule has 12 aromatic rings. The quantitative estimate of drug-likeness (QED) is 0.175. The largest absolute Gasteiger partial charge is 0.456 e. The van der Waals surface area contributed by atoms with Crippen LogP contribution in [-0.2, 0) is 0 Å². The Morgan fingerprint density at radius 1 is 0.328 bits per heavy atom. The van der Waals surface area contributed by atoms with Crippen LogP contribution in [0.5, 0.6) is 11.5 Å². The Bertz CT molecular complexity index is 3660. The van der Waals surface area contributed by atoms with E-state index in [2.05, 4.69) is 143 Å². The van der Waals surface area contributed by atoms with E-state index in [0.717, 1.165) is 83.2 Å². The fraction of sp³-hybridized carbons (Fsp3) is 0. The van der Waals surface area contributed by atoms with Crippen molar-refractivity contribution in [3.8, 4) is 68.2 Å². The average Bonchev–Trinajstić information content (AvgIpc) is 3.85. The van der Waals surface area contributed by atoms with Gasteiger partial charge in [-0.05, 0) is 76.7 Å². The smallest absolute Gasteiger partial charge is 0.238 e. The van der Waals surface area contributed by atoms with Gasteiger partial charge in [0.15, 0.2) is 11.6 Å². The van der Waals surface area contributed by atoms with E-state index in [1.54, 1.807) is 0 Å². The van der Waals surface area contributed by atoms with E-state index in [1.807, 2.05) is 66.7 Å². The lowest BCUT2D eigenvalue weighted by Crippen LogP contribution is -2.06. The highest BCUT2D eigenvalue weighted by atomic mass is 16.5. The van der Waals surface area contributed by atoms with Gasteiger partial charge in [0, 0.05) is 49.3 Å². The summed E-state index contributed by atoms with van der Waals surface area (Å²) in [6.07, 6.45) is 0. The number of hydrogen-bond acceptors (Lipinski definition) is 4. The predicted octanol–water partition coefficient (Wildman–Crippen LogP) is 14.0. The lowest BCUT2D eigenvalue weighted by Gasteiger charge is -2.22. The summed E-state index contributed by atoms with van der Waals surface area (Å²) in [7, 11) is 0. The summed E-state index contributed by atoms with van der Waals surface area (Å²) < 4.78 is 11.2. The second kappa shape index (κ2) is 13.1. The Labute approximate surface area is 350 Å². The normalized spacial score (nSPS) is 12.1. The second-order valence-electron chi connectivity index (χ2n) is 15.6. The molecule has 0 radical (unpaired) electrons. The summed E-state index contributed by atoms with van der Waals surface area (Å²) >= 11 is 0. The van der Waals surface area contributed by atoms with Crippen molar-refractivity contribution in [1.82, 2.24) is 24.1 Å². The minimum absolute atomic E-state index is 0.570. The summed E-state index contributed by atoms with van der Waals surface area (Å²) in [6.45, 7) is 0. The molecule has 6 nitrogen and oxygen atoms in total. The molecule has 0 unspecified atom stereocenters. The number of hydrogen-bond donors (Lipinski definition) is 0. The van der Waals surface area contributed by atoms with E-state index in [4.69, 9.17) is 19.7 Å². The van der Waals surface area contributed by atoms with Gasteiger partial charge < -0.3 is 9.30 Å². The summed E-state index contributed by atoms with van der Waals surface area (Å²) in [5.74, 6) is 3.58. The number of fused-ring (bicyclic) bond motifs is 9. The van der Waals surface area contributed by atoms with Gasteiger partial charge in [0.05, 0.1) is 22.1 Å². The molecule has 1 aliphatic heterocycles. The number of nitrogens with zero attached hydrogens (tertiary/aromatic N) is 5. The lowest BCUT2D eigenvalue weighted by atomic mass is 9.91. The Kier molecular flexibility index (Phi) is 7.21. The van der Waals surface area contributed by atoms with Gasteiger partial charge in [0.1, 0.15) is 11.5 Å². The van der Waals surface area contributed by atoms with Crippen molar-refractivity contribution in [1.29, 1.82) is 0 Å². The van der Waals surface area contributed by atoms with Crippen molar-refractivity contribution >= 4 is 54.4 Å². The zero-order valence-corrected chi connectivity index (χ0v) is 32.7. The van der Waals surface area contributed by atoms with Crippen molar-refractivity contribution in [3.63, 3.8) is 0 Å². The van der Waals surface area contributed by atoms with E-state index in [-0.39, 0.29) is 0 Å². The van der Waals surface area contributed by atoms with Crippen molar-refractivity contribution < 1.29 is 4.74 Å². The fourth-order valence-corrected chi connectivity index (χ4v) is 9.55. The Morgan fingerprint density at radius 2 is 0.934 bits per heavy atom. The molecule has 0 amide bonds. The molecule has 9 aromatic carbocycles. The summed E-state index contributed by atoms with van der Waals surface area (Å²) in [5, 5.41) is 6.95. The van der Waals surface area contributed by atoms with Gasteiger partial charge >= 0.3 is 0 Å². The molecule has 0 atom stereocenters. The lowest BCUT2D eigenvalue weighted by molar-refractivity contribution is 0.487. The number of aromatic nitrogens is 5. The first-order valence-corrected chi connectivity index (χ1v) is 20.5. The maximum atomic E-state index is 6.56. The molecule has 0 spiro atoms. The standard InChI is InChI=1S/C55H33N5O/c1-4-16-34(17-5-1)53-56-54(35-18-6-2-7-19-35)58-55(57-53)60-44-26-12-10-23-40(44)50-38(24-14-27-46(50)60)36-30-31-45-43(32-36)51-41-25-15-29-49-52(41)42(39-22-11-13-28-48(39)61-49)33-47(51)59(45)37-20-8-3-9-21-37/h1-33H. The third kappa shape index (κ3) is 5.06. The zero-order valence-electron chi connectivity index (χ0n) is 32.7. The molecule has 6 heteroatoms. The van der Waals surface area contributed by atoms with E-state index < -0.39 is 0 Å². The molecule has 4 heterocycles. The van der Waals surface area contributed by atoms with Crippen LogP contribution in [-0.4, -0.2) is 24.1 Å². The summed E-state index contributed by atoms with van der Waals surface area (Å²) in [4.78, 5) is 15.3. The molecule has 0 N–H and O–H groups in total. The van der Waals surface area contributed by atoms with Gasteiger partial charge in [0.25, 0.3) is 0 Å². The van der Waals surface area contributed by atoms with Crippen molar-refractivity contribution in [2.75, 3.05) is 0 Å². The Balaban J connectivity index is 1.09. The third-order valence-corrected chi connectivity index (χ3v) is 12.2. The van der Waals surface area contributed by atoms with Gasteiger partial charge in [-0.25, -0.2) is 4.98 Å². The van der Waals surface area contributed by atoms with Gasteiger partial charge in [-0.3, -0.25) is 4.57 Å². The second-order valence-corrected chi connectivity index (χ2v) is 15.6. The number of ether oxygens (including phenoxy) is 1. The van der Waals surface area contributed by atoms with E-state index in [0.29, 0.717) is 17.6 Å². The molecule has 0 saturated heterocycles. The highest BCUT2D eigenvalue weighted by Crippen LogP contribution is 2.51. The van der Waals surface area contributed by atoms with Crippen LogP contribution in [0, 0.1) is 0 Å². The maximum Gasteiger partial charge on any atom is 0.238 e. The zero-order chi connectivity index (χ0) is 40.0. The third-order valence-electron chi connectivity index (χ3n) is 12.2. The number of benzene rings is 9. The van der Waals surface area contributed by atoms with E-state index >= 15 is 0 Å². The monoisotopic (exact) mass is 779 g/mol. The molecule has 284 valence electrons.